The predicted molar refractivity (Wildman–Crippen MR) is 151 cm³/mol. The van der Waals surface area contributed by atoms with Gasteiger partial charge < -0.3 is 15.8 Å². The van der Waals surface area contributed by atoms with Crippen LogP contribution in [-0.2, 0) is 4.79 Å². The average Bonchev–Trinajstić information content (AvgIpc) is 2.55. The van der Waals surface area contributed by atoms with E-state index < -0.39 is 0 Å². The van der Waals surface area contributed by atoms with Gasteiger partial charge in [0.1, 0.15) is 6.29 Å². The van der Waals surface area contributed by atoms with Gasteiger partial charge in [0.2, 0.25) is 0 Å². The summed E-state index contributed by atoms with van der Waals surface area (Å²) in [4.78, 5) is 11.0. The molecule has 0 spiro atoms. The molecule has 0 aromatic heterocycles. The molecule has 32 heavy (non-hydrogen) atoms. The molecule has 0 radical (unpaired) electrons. The molecule has 1 atom stereocenters. The number of nitrogens with two attached hydrogens (primary N) is 1. The lowest BCUT2D eigenvalue weighted by Gasteiger charge is -2.29. The second kappa shape index (κ2) is 30.6. The van der Waals surface area contributed by atoms with Gasteiger partial charge in [0.15, 0.2) is 0 Å². The monoisotopic (exact) mass is 461 g/mol. The summed E-state index contributed by atoms with van der Waals surface area (Å²) in [5.41, 5.74) is 5.45. The Kier molecular flexibility index (Phi) is 40.0. The van der Waals surface area contributed by atoms with E-state index in [1.807, 2.05) is 0 Å². The fraction of sp³-hybridized carbons (Fsp3) is 0.966. The zero-order valence-electron chi connectivity index (χ0n) is 25.5. The minimum Gasteiger partial charge on any atom is -0.330 e. The van der Waals surface area contributed by atoms with Crippen LogP contribution in [0, 0.1) is 35.5 Å². The molecule has 0 aliphatic carbocycles. The Morgan fingerprint density at radius 3 is 1.06 bits per heavy atom. The number of nitrogens with one attached hydrogen (secondary N) is 1. The minimum absolute atomic E-state index is 0.0126. The van der Waals surface area contributed by atoms with E-state index in [0.717, 1.165) is 49.2 Å². The lowest BCUT2D eigenvalue weighted by molar-refractivity contribution is -0.110. The molecule has 0 aromatic carbocycles. The first-order valence-electron chi connectivity index (χ1n) is 13.4. The van der Waals surface area contributed by atoms with Crippen molar-refractivity contribution in [2.45, 2.75) is 142 Å². The van der Waals surface area contributed by atoms with Crippen LogP contribution in [-0.4, -0.2) is 24.9 Å². The molecule has 0 rings (SSSR count). The van der Waals surface area contributed by atoms with Crippen LogP contribution in [0.1, 0.15) is 130 Å². The van der Waals surface area contributed by atoms with Crippen LogP contribution in [0.2, 0.25) is 0 Å². The van der Waals surface area contributed by atoms with Gasteiger partial charge in [-0.3, -0.25) is 0 Å². The number of carbonyl (C=O) groups excluding carboxylic acids is 1. The van der Waals surface area contributed by atoms with Crippen LogP contribution in [0.4, 0.5) is 0 Å². The summed E-state index contributed by atoms with van der Waals surface area (Å²) in [6.45, 7) is 35.5. The molecule has 0 fully saturated rings. The van der Waals surface area contributed by atoms with E-state index in [-0.39, 0.29) is 6.04 Å². The summed E-state index contributed by atoms with van der Waals surface area (Å²) in [6.07, 6.45) is 3.96. The molecule has 0 amide bonds. The van der Waals surface area contributed by atoms with Crippen LogP contribution in [0.3, 0.4) is 0 Å². The summed E-state index contributed by atoms with van der Waals surface area (Å²) in [5.74, 6) is 4.44. The number of hydrogen-bond acceptors (Lipinski definition) is 3. The van der Waals surface area contributed by atoms with Crippen molar-refractivity contribution in [3.8, 4) is 0 Å². The topological polar surface area (TPSA) is 55.1 Å². The lowest BCUT2D eigenvalue weighted by Crippen LogP contribution is -2.45. The number of unbranched alkanes of at least 4 members (excludes halogenated alkanes) is 1. The molecular formula is C29H68N2O. The van der Waals surface area contributed by atoms with Crippen molar-refractivity contribution in [1.82, 2.24) is 5.32 Å². The highest BCUT2D eigenvalue weighted by molar-refractivity contribution is 5.57. The second-order valence-electron chi connectivity index (χ2n) is 12.1. The van der Waals surface area contributed by atoms with Crippen molar-refractivity contribution in [2.75, 3.05) is 6.54 Å². The first kappa shape index (κ1) is 41.8. The summed E-state index contributed by atoms with van der Waals surface area (Å²) in [6, 6.07) is 0.398. The molecular weight excluding hydrogens is 392 g/mol. The molecule has 0 aromatic rings. The van der Waals surface area contributed by atoms with Crippen LogP contribution in [0.25, 0.3) is 0 Å². The fourth-order valence-electron chi connectivity index (χ4n) is 2.10. The van der Waals surface area contributed by atoms with Gasteiger partial charge >= 0.3 is 0 Å². The molecule has 0 aliphatic heterocycles. The average molecular weight is 461 g/mol. The molecule has 3 N–H and O–H groups in total. The van der Waals surface area contributed by atoms with Gasteiger partial charge in [-0.1, -0.05) is 117 Å². The molecule has 0 heterocycles. The quantitative estimate of drug-likeness (QED) is 0.267. The molecule has 200 valence electrons. The Balaban J connectivity index is -0.000000123. The van der Waals surface area contributed by atoms with Gasteiger partial charge in [-0.2, -0.15) is 0 Å². The zero-order chi connectivity index (χ0) is 26.9. The van der Waals surface area contributed by atoms with E-state index in [4.69, 9.17) is 5.73 Å². The Morgan fingerprint density at radius 1 is 0.594 bits per heavy atom. The zero-order valence-corrected chi connectivity index (χ0v) is 25.5. The van der Waals surface area contributed by atoms with Crippen molar-refractivity contribution >= 4 is 6.29 Å². The first-order chi connectivity index (χ1) is 14.5. The molecule has 0 bridgehead atoms. The van der Waals surface area contributed by atoms with Crippen LogP contribution in [0.15, 0.2) is 0 Å². The fourth-order valence-corrected chi connectivity index (χ4v) is 2.10. The molecule has 0 aliphatic rings. The molecule has 3 nitrogen and oxygen atoms in total. The van der Waals surface area contributed by atoms with Crippen molar-refractivity contribution < 1.29 is 4.79 Å². The van der Waals surface area contributed by atoms with E-state index in [9.17, 15) is 4.79 Å². The number of carbonyl (C=O) groups is 1. The van der Waals surface area contributed by atoms with Crippen LogP contribution >= 0.6 is 0 Å². The maximum absolute atomic E-state index is 11.0. The Hall–Kier alpha value is -0.410. The van der Waals surface area contributed by atoms with Crippen molar-refractivity contribution in [2.24, 2.45) is 41.2 Å². The maximum Gasteiger partial charge on any atom is 0.136 e. The Labute approximate surface area is 206 Å². The third-order valence-electron chi connectivity index (χ3n) is 2.98. The van der Waals surface area contributed by atoms with Gasteiger partial charge in [-0.15, -0.1) is 0 Å². The van der Waals surface area contributed by atoms with Crippen molar-refractivity contribution in [3.63, 3.8) is 0 Å². The maximum atomic E-state index is 11.0. The number of hydrogen-bond donors (Lipinski definition) is 2. The molecule has 0 saturated heterocycles. The SMILES string of the molecule is CC(C)C.CC(C)C.CC(C)C.CC(C)C.CC(C)C(N[C@H](C=O)CCCCN)C(C)C. The summed E-state index contributed by atoms with van der Waals surface area (Å²) in [5, 5.41) is 3.45. The smallest absolute Gasteiger partial charge is 0.136 e. The Morgan fingerprint density at radius 2 is 0.875 bits per heavy atom. The standard InChI is InChI=1S/C13H28N2O.4C4H10/c1-10(2)13(11(3)4)15-12(9-16)7-5-6-8-14;4*1-4(2)3/h9-13,15H,5-8,14H2,1-4H3;4*4H,1-3H3/t12-;;;;/m0..../s1. The lowest BCUT2D eigenvalue weighted by atomic mass is 9.92. The van der Waals surface area contributed by atoms with Crippen LogP contribution in [0.5, 0.6) is 0 Å². The summed E-state index contributed by atoms with van der Waals surface area (Å²) < 4.78 is 0. The van der Waals surface area contributed by atoms with E-state index in [1.54, 1.807) is 0 Å². The van der Waals surface area contributed by atoms with Gasteiger partial charge in [0.25, 0.3) is 0 Å². The van der Waals surface area contributed by atoms with E-state index in [0.29, 0.717) is 24.4 Å². The van der Waals surface area contributed by atoms with Crippen molar-refractivity contribution in [1.29, 1.82) is 0 Å². The molecule has 3 heteroatoms. The number of aldehydes is 1. The molecule has 0 saturated carbocycles. The largest absolute Gasteiger partial charge is 0.330 e. The van der Waals surface area contributed by atoms with E-state index in [1.165, 1.54) is 0 Å². The minimum atomic E-state index is -0.0126. The predicted octanol–water partition coefficient (Wildman–Crippen LogP) is 8.60. The van der Waals surface area contributed by atoms with Crippen LogP contribution < -0.4 is 11.1 Å². The number of rotatable bonds is 9. The normalized spacial score (nSPS) is 11.4. The highest BCUT2D eigenvalue weighted by Crippen LogP contribution is 2.13. The van der Waals surface area contributed by atoms with Gasteiger partial charge in [0.05, 0.1) is 6.04 Å². The third kappa shape index (κ3) is 70.0. The van der Waals surface area contributed by atoms with Crippen molar-refractivity contribution in [3.05, 3.63) is 0 Å². The summed E-state index contributed by atoms with van der Waals surface area (Å²) in [7, 11) is 0. The summed E-state index contributed by atoms with van der Waals surface area (Å²) >= 11 is 0. The first-order valence-corrected chi connectivity index (χ1v) is 13.4. The third-order valence-corrected chi connectivity index (χ3v) is 2.98. The van der Waals surface area contributed by atoms with Gasteiger partial charge in [0, 0.05) is 6.04 Å². The second-order valence-corrected chi connectivity index (χ2v) is 12.1. The van der Waals surface area contributed by atoms with E-state index >= 15 is 0 Å². The Bertz CT molecular complexity index is 280. The van der Waals surface area contributed by atoms with Gasteiger partial charge in [-0.05, 0) is 54.9 Å². The molecule has 0 unspecified atom stereocenters. The van der Waals surface area contributed by atoms with Gasteiger partial charge in [-0.25, -0.2) is 0 Å². The van der Waals surface area contributed by atoms with E-state index in [2.05, 4.69) is 116 Å². The highest BCUT2D eigenvalue weighted by atomic mass is 16.1. The highest BCUT2D eigenvalue weighted by Gasteiger charge is 2.20.